The Hall–Kier alpha value is -2.08. The lowest BCUT2D eigenvalue weighted by molar-refractivity contribution is -0.00351. The first-order chi connectivity index (χ1) is 11.0. The van der Waals surface area contributed by atoms with Crippen LogP contribution in [0.15, 0.2) is 24.3 Å². The van der Waals surface area contributed by atoms with Gasteiger partial charge in [0.15, 0.2) is 0 Å². The normalized spacial score (nSPS) is 17.9. The maximum atomic E-state index is 12.2. The number of amides is 3. The van der Waals surface area contributed by atoms with Crippen LogP contribution in [0.3, 0.4) is 0 Å². The van der Waals surface area contributed by atoms with Gasteiger partial charge in [0, 0.05) is 31.2 Å². The van der Waals surface area contributed by atoms with E-state index in [0.29, 0.717) is 31.8 Å². The minimum Gasteiger partial charge on any atom is -0.375 e. The van der Waals surface area contributed by atoms with Crippen molar-refractivity contribution in [1.29, 1.82) is 0 Å². The number of nitrogens with one attached hydrogen (secondary N) is 2. The van der Waals surface area contributed by atoms with Crippen molar-refractivity contribution in [3.05, 3.63) is 35.4 Å². The Balaban J connectivity index is 1.90. The minimum absolute atomic E-state index is 0.0672. The number of rotatable bonds is 4. The molecule has 0 spiro atoms. The molecule has 0 aromatic heterocycles. The first kappa shape index (κ1) is 17.3. The number of nitrogens with zero attached hydrogens (tertiary/aromatic N) is 1. The Morgan fingerprint density at radius 1 is 1.39 bits per heavy atom. The maximum Gasteiger partial charge on any atom is 0.317 e. The molecule has 23 heavy (non-hydrogen) atoms. The summed E-state index contributed by atoms with van der Waals surface area (Å²) in [6, 6.07) is 7.29. The topological polar surface area (TPSA) is 70.7 Å². The molecule has 1 aromatic rings. The average molecular weight is 319 g/mol. The van der Waals surface area contributed by atoms with E-state index in [0.717, 1.165) is 5.56 Å². The van der Waals surface area contributed by atoms with Crippen LogP contribution in [0.4, 0.5) is 4.79 Å². The van der Waals surface area contributed by atoms with Crippen LogP contribution in [-0.2, 0) is 11.3 Å². The van der Waals surface area contributed by atoms with Gasteiger partial charge in [-0.25, -0.2) is 4.79 Å². The summed E-state index contributed by atoms with van der Waals surface area (Å²) in [6.07, 6.45) is 0.0672. The third-order valence-electron chi connectivity index (χ3n) is 3.58. The van der Waals surface area contributed by atoms with Crippen LogP contribution in [0.5, 0.6) is 0 Å². The minimum atomic E-state index is -0.102. The van der Waals surface area contributed by atoms with Crippen LogP contribution in [0, 0.1) is 0 Å². The lowest BCUT2D eigenvalue weighted by Crippen LogP contribution is -2.48. The number of benzene rings is 1. The molecule has 1 aliphatic rings. The number of morpholine rings is 1. The van der Waals surface area contributed by atoms with Gasteiger partial charge in [-0.2, -0.15) is 0 Å². The molecule has 6 nitrogen and oxygen atoms in total. The van der Waals surface area contributed by atoms with Gasteiger partial charge in [0.2, 0.25) is 0 Å². The third kappa shape index (κ3) is 5.25. The molecule has 0 radical (unpaired) electrons. The smallest absolute Gasteiger partial charge is 0.317 e. The summed E-state index contributed by atoms with van der Waals surface area (Å²) in [5, 5.41) is 5.76. The second-order valence-electron chi connectivity index (χ2n) is 6.11. The van der Waals surface area contributed by atoms with Crippen molar-refractivity contribution in [1.82, 2.24) is 15.5 Å². The predicted octanol–water partition coefficient (Wildman–Crippen LogP) is 1.76. The third-order valence-corrected chi connectivity index (χ3v) is 3.58. The maximum absolute atomic E-state index is 12.2. The highest BCUT2D eigenvalue weighted by Gasteiger charge is 2.20. The highest BCUT2D eigenvalue weighted by Crippen LogP contribution is 2.07. The van der Waals surface area contributed by atoms with Crippen molar-refractivity contribution in [2.75, 3.05) is 19.7 Å². The zero-order valence-electron chi connectivity index (χ0n) is 14.0. The fourth-order valence-electron chi connectivity index (χ4n) is 2.46. The second-order valence-corrected chi connectivity index (χ2v) is 6.11. The zero-order chi connectivity index (χ0) is 16.8. The fourth-order valence-corrected chi connectivity index (χ4v) is 2.46. The summed E-state index contributed by atoms with van der Waals surface area (Å²) in [7, 11) is 0. The first-order valence-electron chi connectivity index (χ1n) is 8.00. The highest BCUT2D eigenvalue weighted by molar-refractivity contribution is 5.94. The monoisotopic (exact) mass is 319 g/mol. The lowest BCUT2D eigenvalue weighted by atomic mass is 10.1. The molecule has 126 valence electrons. The molecule has 3 amide bonds. The molecule has 1 aromatic carbocycles. The van der Waals surface area contributed by atoms with E-state index in [4.69, 9.17) is 4.74 Å². The standard InChI is InChI=1S/C17H25N3O3/c1-12(2)19-16(21)15-6-4-5-14(9-15)10-18-17(22)20-7-8-23-13(3)11-20/h4-6,9,12-13H,7-8,10-11H2,1-3H3,(H,18,22)(H,19,21)/t13-/m1/s1. The van der Waals surface area contributed by atoms with Crippen molar-refractivity contribution >= 4 is 11.9 Å². The van der Waals surface area contributed by atoms with E-state index >= 15 is 0 Å². The summed E-state index contributed by atoms with van der Waals surface area (Å²) < 4.78 is 5.43. The van der Waals surface area contributed by atoms with E-state index in [1.807, 2.05) is 32.9 Å². The van der Waals surface area contributed by atoms with Crippen LogP contribution < -0.4 is 10.6 Å². The van der Waals surface area contributed by atoms with E-state index in [9.17, 15) is 9.59 Å². The van der Waals surface area contributed by atoms with Crippen molar-refractivity contribution in [2.45, 2.75) is 39.5 Å². The molecule has 1 atom stereocenters. The van der Waals surface area contributed by atoms with E-state index < -0.39 is 0 Å². The van der Waals surface area contributed by atoms with Crippen LogP contribution in [0.25, 0.3) is 0 Å². The van der Waals surface area contributed by atoms with Crippen LogP contribution >= 0.6 is 0 Å². The molecule has 1 fully saturated rings. The van der Waals surface area contributed by atoms with E-state index in [2.05, 4.69) is 10.6 Å². The summed E-state index contributed by atoms with van der Waals surface area (Å²) in [5.74, 6) is -0.102. The molecule has 1 aliphatic heterocycles. The molecule has 0 aliphatic carbocycles. The number of hydrogen-bond acceptors (Lipinski definition) is 3. The SMILES string of the molecule is CC(C)NC(=O)c1cccc(CNC(=O)N2CCO[C@H](C)C2)c1. The van der Waals surface area contributed by atoms with Gasteiger partial charge in [0.1, 0.15) is 0 Å². The Labute approximate surface area is 137 Å². The summed E-state index contributed by atoms with van der Waals surface area (Å²) in [5.41, 5.74) is 1.50. The van der Waals surface area contributed by atoms with E-state index in [1.165, 1.54) is 0 Å². The summed E-state index contributed by atoms with van der Waals surface area (Å²) in [4.78, 5) is 25.9. The molecule has 1 saturated heterocycles. The Morgan fingerprint density at radius 3 is 2.87 bits per heavy atom. The van der Waals surface area contributed by atoms with Crippen molar-refractivity contribution in [2.24, 2.45) is 0 Å². The van der Waals surface area contributed by atoms with Gasteiger partial charge in [0.25, 0.3) is 5.91 Å². The van der Waals surface area contributed by atoms with E-state index in [1.54, 1.807) is 17.0 Å². The molecule has 2 rings (SSSR count). The Morgan fingerprint density at radius 2 is 2.17 bits per heavy atom. The van der Waals surface area contributed by atoms with Gasteiger partial charge in [0.05, 0.1) is 12.7 Å². The van der Waals surface area contributed by atoms with Gasteiger partial charge in [-0.1, -0.05) is 12.1 Å². The molecule has 0 bridgehead atoms. The molecular formula is C17H25N3O3. The molecular weight excluding hydrogens is 294 g/mol. The van der Waals surface area contributed by atoms with Crippen LogP contribution in [-0.4, -0.2) is 48.7 Å². The van der Waals surface area contributed by atoms with Crippen molar-refractivity contribution < 1.29 is 14.3 Å². The number of hydrogen-bond donors (Lipinski definition) is 2. The van der Waals surface area contributed by atoms with Gasteiger partial charge in [-0.05, 0) is 38.5 Å². The number of carbonyl (C=O) groups excluding carboxylic acids is 2. The van der Waals surface area contributed by atoms with E-state index in [-0.39, 0.29) is 24.1 Å². The quantitative estimate of drug-likeness (QED) is 0.888. The molecule has 2 N–H and O–H groups in total. The summed E-state index contributed by atoms with van der Waals surface area (Å²) >= 11 is 0. The fraction of sp³-hybridized carbons (Fsp3) is 0.529. The highest BCUT2D eigenvalue weighted by atomic mass is 16.5. The Bertz CT molecular complexity index is 560. The Kier molecular flexibility index (Phi) is 5.98. The van der Waals surface area contributed by atoms with Gasteiger partial charge < -0.3 is 20.3 Å². The largest absolute Gasteiger partial charge is 0.375 e. The number of ether oxygens (including phenoxy) is 1. The molecule has 0 unspecified atom stereocenters. The van der Waals surface area contributed by atoms with Crippen LogP contribution in [0.2, 0.25) is 0 Å². The van der Waals surface area contributed by atoms with Gasteiger partial charge in [-0.3, -0.25) is 4.79 Å². The molecule has 0 saturated carbocycles. The summed E-state index contributed by atoms with van der Waals surface area (Å²) in [6.45, 7) is 7.97. The van der Waals surface area contributed by atoms with Gasteiger partial charge >= 0.3 is 6.03 Å². The lowest BCUT2D eigenvalue weighted by Gasteiger charge is -2.31. The molecule has 1 heterocycles. The number of carbonyl (C=O) groups is 2. The van der Waals surface area contributed by atoms with Crippen molar-refractivity contribution in [3.8, 4) is 0 Å². The number of urea groups is 1. The zero-order valence-corrected chi connectivity index (χ0v) is 14.0. The predicted molar refractivity (Wildman–Crippen MR) is 88.3 cm³/mol. The van der Waals surface area contributed by atoms with Crippen LogP contribution in [0.1, 0.15) is 36.7 Å². The average Bonchev–Trinajstić information content (AvgIpc) is 2.52. The van der Waals surface area contributed by atoms with Gasteiger partial charge in [-0.15, -0.1) is 0 Å². The van der Waals surface area contributed by atoms with Crippen molar-refractivity contribution in [3.63, 3.8) is 0 Å². The molecule has 6 heteroatoms. The second kappa shape index (κ2) is 7.97. The first-order valence-corrected chi connectivity index (χ1v) is 8.00.